The van der Waals surface area contributed by atoms with E-state index in [4.69, 9.17) is 16.7 Å². The molecule has 0 amide bonds. The van der Waals surface area contributed by atoms with Crippen LogP contribution in [0.15, 0.2) is 46.1 Å². The van der Waals surface area contributed by atoms with Crippen LogP contribution < -0.4 is 4.72 Å². The van der Waals surface area contributed by atoms with Crippen molar-refractivity contribution in [3.05, 3.63) is 47.4 Å². The van der Waals surface area contributed by atoms with Gasteiger partial charge >= 0.3 is 5.97 Å². The van der Waals surface area contributed by atoms with Gasteiger partial charge in [0.05, 0.1) is 16.8 Å². The number of anilines is 1. The minimum absolute atomic E-state index is 0.0266. The van der Waals surface area contributed by atoms with Crippen molar-refractivity contribution in [2.24, 2.45) is 0 Å². The maximum atomic E-state index is 11.9. The number of aromatic carboxylic acids is 1. The van der Waals surface area contributed by atoms with Crippen LogP contribution in [-0.2, 0) is 10.0 Å². The van der Waals surface area contributed by atoms with Crippen molar-refractivity contribution < 1.29 is 22.7 Å². The van der Waals surface area contributed by atoms with E-state index >= 15 is 0 Å². The van der Waals surface area contributed by atoms with Crippen molar-refractivity contribution in [1.82, 2.24) is 0 Å². The second-order valence-corrected chi connectivity index (χ2v) is 5.65. The molecule has 0 fully saturated rings. The van der Waals surface area contributed by atoms with E-state index in [-0.39, 0.29) is 21.2 Å². The minimum Gasteiger partial charge on any atom is -0.478 e. The Kier molecular flexibility index (Phi) is 3.50. The number of rotatable bonds is 4. The Hall–Kier alpha value is -1.99. The average molecular weight is 302 g/mol. The van der Waals surface area contributed by atoms with Gasteiger partial charge in [-0.1, -0.05) is 11.6 Å². The van der Waals surface area contributed by atoms with Crippen molar-refractivity contribution in [3.8, 4) is 0 Å². The van der Waals surface area contributed by atoms with Crippen LogP contribution in [0.5, 0.6) is 0 Å². The fourth-order valence-electron chi connectivity index (χ4n) is 1.37. The van der Waals surface area contributed by atoms with Gasteiger partial charge in [-0.3, -0.25) is 4.72 Å². The first-order valence-corrected chi connectivity index (χ1v) is 6.84. The summed E-state index contributed by atoms with van der Waals surface area (Å²) in [7, 11) is -3.81. The largest absolute Gasteiger partial charge is 0.478 e. The summed E-state index contributed by atoms with van der Waals surface area (Å²) in [5, 5.41) is 8.92. The van der Waals surface area contributed by atoms with Gasteiger partial charge in [-0.05, 0) is 24.3 Å². The van der Waals surface area contributed by atoms with Gasteiger partial charge in [0.25, 0.3) is 10.0 Å². The number of nitrogens with one attached hydrogen (secondary N) is 1. The number of benzene rings is 1. The average Bonchev–Trinajstić information content (AvgIpc) is 2.85. The molecule has 6 nitrogen and oxygen atoms in total. The molecule has 1 aromatic carbocycles. The van der Waals surface area contributed by atoms with E-state index in [0.717, 1.165) is 12.3 Å². The van der Waals surface area contributed by atoms with E-state index in [0.29, 0.717) is 0 Å². The van der Waals surface area contributed by atoms with E-state index in [9.17, 15) is 13.2 Å². The maximum absolute atomic E-state index is 11.9. The fraction of sp³-hybridized carbons (Fsp3) is 0. The molecule has 19 heavy (non-hydrogen) atoms. The molecular formula is C11H8ClNO5S. The fourth-order valence-corrected chi connectivity index (χ4v) is 2.54. The molecular weight excluding hydrogens is 294 g/mol. The second kappa shape index (κ2) is 4.94. The van der Waals surface area contributed by atoms with E-state index < -0.39 is 16.0 Å². The molecule has 0 radical (unpaired) electrons. The van der Waals surface area contributed by atoms with E-state index in [1.165, 1.54) is 24.5 Å². The monoisotopic (exact) mass is 301 g/mol. The number of carboxylic acids is 1. The molecule has 0 aliphatic heterocycles. The molecule has 0 unspecified atom stereocenters. The van der Waals surface area contributed by atoms with Crippen LogP contribution >= 0.6 is 11.6 Å². The second-order valence-electron chi connectivity index (χ2n) is 3.56. The Morgan fingerprint density at radius 2 is 2.05 bits per heavy atom. The summed E-state index contributed by atoms with van der Waals surface area (Å²) in [5.41, 5.74) is -0.0861. The number of carboxylic acid groups (broad SMARTS) is 1. The van der Waals surface area contributed by atoms with Crippen LogP contribution in [0.2, 0.25) is 5.02 Å². The predicted octanol–water partition coefficient (Wildman–Crippen LogP) is 2.43. The lowest BCUT2D eigenvalue weighted by Crippen LogP contribution is -2.12. The predicted molar refractivity (Wildman–Crippen MR) is 67.9 cm³/mol. The molecule has 0 spiro atoms. The van der Waals surface area contributed by atoms with E-state index in [1.807, 2.05) is 0 Å². The van der Waals surface area contributed by atoms with Crippen LogP contribution in [0, 0.1) is 0 Å². The molecule has 100 valence electrons. The molecule has 8 heteroatoms. The lowest BCUT2D eigenvalue weighted by molar-refractivity contribution is 0.0697. The zero-order valence-electron chi connectivity index (χ0n) is 9.33. The van der Waals surface area contributed by atoms with Crippen molar-refractivity contribution in [1.29, 1.82) is 0 Å². The summed E-state index contributed by atoms with van der Waals surface area (Å²) in [6.45, 7) is 0. The van der Waals surface area contributed by atoms with Crippen molar-refractivity contribution in [2.75, 3.05) is 4.72 Å². The smallest absolute Gasteiger partial charge is 0.337 e. The number of hydrogen-bond acceptors (Lipinski definition) is 4. The van der Waals surface area contributed by atoms with Gasteiger partial charge in [0.15, 0.2) is 0 Å². The zero-order chi connectivity index (χ0) is 14.0. The van der Waals surface area contributed by atoms with Crippen molar-refractivity contribution >= 4 is 33.3 Å². The Bertz CT molecular complexity index is 709. The molecule has 0 bridgehead atoms. The van der Waals surface area contributed by atoms with Crippen LogP contribution in [0.3, 0.4) is 0 Å². The number of carbonyl (C=O) groups is 1. The molecule has 0 aliphatic rings. The summed E-state index contributed by atoms with van der Waals surface area (Å²) in [6.07, 6.45) is 2.29. The molecule has 0 aliphatic carbocycles. The van der Waals surface area contributed by atoms with Crippen LogP contribution in [-0.4, -0.2) is 19.5 Å². The summed E-state index contributed by atoms with van der Waals surface area (Å²) in [4.78, 5) is 10.8. The lowest BCUT2D eigenvalue weighted by atomic mass is 10.2. The Morgan fingerprint density at radius 3 is 2.63 bits per heavy atom. The van der Waals surface area contributed by atoms with Crippen molar-refractivity contribution in [3.63, 3.8) is 0 Å². The third kappa shape index (κ3) is 2.88. The minimum atomic E-state index is -3.81. The number of furan rings is 1. The molecule has 0 saturated heterocycles. The van der Waals surface area contributed by atoms with Gasteiger partial charge in [0.2, 0.25) is 0 Å². The number of sulfonamides is 1. The molecule has 0 atom stereocenters. The van der Waals surface area contributed by atoms with E-state index in [1.54, 1.807) is 0 Å². The molecule has 2 aromatic rings. The van der Waals surface area contributed by atoms with Crippen LogP contribution in [0.1, 0.15) is 10.4 Å². The first-order chi connectivity index (χ1) is 8.90. The third-order valence-corrected chi connectivity index (χ3v) is 3.94. The van der Waals surface area contributed by atoms with Gasteiger partial charge < -0.3 is 9.52 Å². The van der Waals surface area contributed by atoms with Gasteiger partial charge in [0, 0.05) is 5.69 Å². The Morgan fingerprint density at radius 1 is 1.32 bits per heavy atom. The molecule has 2 rings (SSSR count). The Balaban J connectivity index is 2.35. The zero-order valence-corrected chi connectivity index (χ0v) is 10.9. The highest BCUT2D eigenvalue weighted by Crippen LogP contribution is 2.23. The first-order valence-electron chi connectivity index (χ1n) is 4.98. The Labute approximate surface area is 113 Å². The lowest BCUT2D eigenvalue weighted by Gasteiger charge is -2.07. The SMILES string of the molecule is O=C(O)c1cc(NS(=O)(=O)c2ccoc2)ccc1Cl. The maximum Gasteiger partial charge on any atom is 0.337 e. The van der Waals surface area contributed by atoms with Gasteiger partial charge in [0.1, 0.15) is 11.2 Å². The normalized spacial score (nSPS) is 11.2. The van der Waals surface area contributed by atoms with Crippen LogP contribution in [0.25, 0.3) is 0 Å². The molecule has 0 saturated carbocycles. The molecule has 2 N–H and O–H groups in total. The van der Waals surface area contributed by atoms with Crippen molar-refractivity contribution in [2.45, 2.75) is 4.90 Å². The highest BCUT2D eigenvalue weighted by Gasteiger charge is 2.17. The van der Waals surface area contributed by atoms with Gasteiger partial charge in [-0.15, -0.1) is 0 Å². The summed E-state index contributed by atoms with van der Waals surface area (Å²) in [5.74, 6) is -1.24. The highest BCUT2D eigenvalue weighted by molar-refractivity contribution is 7.92. The highest BCUT2D eigenvalue weighted by atomic mass is 35.5. The summed E-state index contributed by atoms with van der Waals surface area (Å²) < 4.78 is 30.7. The van der Waals surface area contributed by atoms with Gasteiger partial charge in [-0.2, -0.15) is 0 Å². The van der Waals surface area contributed by atoms with Gasteiger partial charge in [-0.25, -0.2) is 13.2 Å². The topological polar surface area (TPSA) is 96.6 Å². The number of halogens is 1. The summed E-state index contributed by atoms with van der Waals surface area (Å²) in [6, 6.07) is 5.09. The quantitative estimate of drug-likeness (QED) is 0.904. The first kappa shape index (κ1) is 13.4. The van der Waals surface area contributed by atoms with Crippen LogP contribution in [0.4, 0.5) is 5.69 Å². The molecule has 1 aromatic heterocycles. The third-order valence-electron chi connectivity index (χ3n) is 2.25. The number of hydrogen-bond donors (Lipinski definition) is 2. The van der Waals surface area contributed by atoms with E-state index in [2.05, 4.69) is 9.14 Å². The summed E-state index contributed by atoms with van der Waals surface area (Å²) >= 11 is 5.69. The molecule has 1 heterocycles. The standard InChI is InChI=1S/C11H8ClNO5S/c12-10-2-1-7(5-9(10)11(14)15)13-19(16,17)8-3-4-18-6-8/h1-6,13H,(H,14,15).